The topological polar surface area (TPSA) is 103 Å². The molecule has 0 unspecified atom stereocenters. The molecule has 2 amide bonds. The number of aryl methyl sites for hydroxylation is 1. The first kappa shape index (κ1) is 21.4. The van der Waals surface area contributed by atoms with Gasteiger partial charge in [-0.3, -0.25) is 10.00 Å². The molecule has 0 bridgehead atoms. The van der Waals surface area contributed by atoms with E-state index in [0.29, 0.717) is 31.3 Å². The number of pyridine rings is 1. The van der Waals surface area contributed by atoms with Crippen LogP contribution in [0.2, 0.25) is 0 Å². The van der Waals surface area contributed by atoms with Crippen molar-refractivity contribution in [3.05, 3.63) is 47.2 Å². The largest absolute Gasteiger partial charge is 0.366 e. The van der Waals surface area contributed by atoms with E-state index in [2.05, 4.69) is 39.3 Å². The molecule has 4 heterocycles. The number of hydrogen-bond donors (Lipinski definition) is 2. The van der Waals surface area contributed by atoms with Crippen LogP contribution >= 0.6 is 0 Å². The van der Waals surface area contributed by atoms with E-state index in [1.54, 1.807) is 9.80 Å². The van der Waals surface area contributed by atoms with Crippen molar-refractivity contribution in [3.8, 4) is 11.3 Å². The van der Waals surface area contributed by atoms with E-state index >= 15 is 0 Å². The summed E-state index contributed by atoms with van der Waals surface area (Å²) in [5.41, 5.74) is 5.63. The van der Waals surface area contributed by atoms with Gasteiger partial charge in [0.05, 0.1) is 5.69 Å². The van der Waals surface area contributed by atoms with Crippen molar-refractivity contribution in [2.24, 2.45) is 5.41 Å². The molecule has 1 fully saturated rings. The van der Waals surface area contributed by atoms with Gasteiger partial charge in [-0.05, 0) is 43.7 Å². The first-order chi connectivity index (χ1) is 15.8. The molecular formula is C24H30N8O. The van der Waals surface area contributed by atoms with Gasteiger partial charge in [0.25, 0.3) is 0 Å². The van der Waals surface area contributed by atoms with Crippen LogP contribution in [-0.4, -0.2) is 56.2 Å². The minimum absolute atomic E-state index is 0.0386. The zero-order valence-corrected chi connectivity index (χ0v) is 19.6. The number of rotatable bonds is 5. The molecule has 9 heteroatoms. The Bertz CT molecular complexity index is 1180. The molecule has 1 aliphatic heterocycles. The minimum atomic E-state index is -0.0386. The molecule has 0 saturated carbocycles. The van der Waals surface area contributed by atoms with Crippen molar-refractivity contribution >= 4 is 17.7 Å². The van der Waals surface area contributed by atoms with Crippen molar-refractivity contribution < 1.29 is 4.79 Å². The monoisotopic (exact) mass is 446 g/mol. The predicted molar refractivity (Wildman–Crippen MR) is 127 cm³/mol. The summed E-state index contributed by atoms with van der Waals surface area (Å²) >= 11 is 0. The number of likely N-dealkylation sites (N-methyl/N-ethyl adjacent to an activating group) is 1. The fourth-order valence-electron chi connectivity index (χ4n) is 4.53. The number of fused-ring (bicyclic) bond motifs is 1. The number of urea groups is 1. The molecule has 2 N–H and O–H groups in total. The number of anilines is 2. The lowest BCUT2D eigenvalue weighted by Crippen LogP contribution is -2.30. The highest BCUT2D eigenvalue weighted by molar-refractivity contribution is 5.94. The van der Waals surface area contributed by atoms with Crippen LogP contribution in [-0.2, 0) is 19.4 Å². The summed E-state index contributed by atoms with van der Waals surface area (Å²) < 4.78 is 0. The second kappa shape index (κ2) is 8.13. The smallest absolute Gasteiger partial charge is 0.325 e. The second-order valence-electron chi connectivity index (χ2n) is 9.82. The number of H-pyrrole nitrogens is 1. The van der Waals surface area contributed by atoms with Gasteiger partial charge in [-0.15, -0.1) is 0 Å². The van der Waals surface area contributed by atoms with Crippen LogP contribution in [0.3, 0.4) is 0 Å². The standard InChI is InChI=1S/C24H30N8O/c1-15-25-12-16(13-26-15)14-27-20-9-17(10-21(28-20)32-8-7-31(4)23(32)33)22-18-5-6-24(2,3)11-19(18)29-30-22/h9-10,12-13H,5-8,11,14H2,1-4H3,(H,27,28)(H,29,30). The van der Waals surface area contributed by atoms with E-state index in [1.165, 1.54) is 11.3 Å². The zero-order chi connectivity index (χ0) is 23.2. The minimum Gasteiger partial charge on any atom is -0.366 e. The lowest BCUT2D eigenvalue weighted by molar-refractivity contribution is 0.229. The van der Waals surface area contributed by atoms with Gasteiger partial charge in [-0.1, -0.05) is 13.8 Å². The first-order valence-corrected chi connectivity index (χ1v) is 11.4. The molecule has 5 rings (SSSR count). The average molecular weight is 447 g/mol. The van der Waals surface area contributed by atoms with Gasteiger partial charge < -0.3 is 10.2 Å². The first-order valence-electron chi connectivity index (χ1n) is 11.4. The third kappa shape index (κ3) is 4.27. The molecule has 0 aromatic carbocycles. The third-order valence-corrected chi connectivity index (χ3v) is 6.55. The summed E-state index contributed by atoms with van der Waals surface area (Å²) in [6.45, 7) is 8.30. The quantitative estimate of drug-likeness (QED) is 0.621. The van der Waals surface area contributed by atoms with Crippen LogP contribution < -0.4 is 10.2 Å². The molecule has 33 heavy (non-hydrogen) atoms. The number of nitrogens with one attached hydrogen (secondary N) is 2. The number of carbonyl (C=O) groups excluding carboxylic acids is 1. The molecule has 0 spiro atoms. The van der Waals surface area contributed by atoms with Crippen molar-refractivity contribution in [3.63, 3.8) is 0 Å². The second-order valence-corrected chi connectivity index (χ2v) is 9.82. The highest BCUT2D eigenvalue weighted by atomic mass is 16.2. The van der Waals surface area contributed by atoms with Gasteiger partial charge in [-0.2, -0.15) is 5.10 Å². The zero-order valence-electron chi connectivity index (χ0n) is 19.6. The number of aromatic nitrogens is 5. The van der Waals surface area contributed by atoms with Crippen LogP contribution in [0.15, 0.2) is 24.5 Å². The average Bonchev–Trinajstić information content (AvgIpc) is 3.35. The van der Waals surface area contributed by atoms with Gasteiger partial charge in [0.2, 0.25) is 0 Å². The van der Waals surface area contributed by atoms with E-state index < -0.39 is 0 Å². The molecule has 172 valence electrons. The van der Waals surface area contributed by atoms with Gasteiger partial charge in [0.15, 0.2) is 0 Å². The Labute approximate surface area is 193 Å². The number of nitrogens with zero attached hydrogens (tertiary/aromatic N) is 6. The highest BCUT2D eigenvalue weighted by Gasteiger charge is 2.31. The molecule has 1 saturated heterocycles. The predicted octanol–water partition coefficient (Wildman–Crippen LogP) is 3.57. The molecular weight excluding hydrogens is 416 g/mol. The van der Waals surface area contributed by atoms with Gasteiger partial charge in [-0.25, -0.2) is 19.7 Å². The van der Waals surface area contributed by atoms with Crippen LogP contribution in [0.5, 0.6) is 0 Å². The van der Waals surface area contributed by atoms with E-state index in [0.717, 1.165) is 41.9 Å². The third-order valence-electron chi connectivity index (χ3n) is 6.55. The summed E-state index contributed by atoms with van der Waals surface area (Å²) in [6.07, 6.45) is 6.72. The summed E-state index contributed by atoms with van der Waals surface area (Å²) in [6, 6.07) is 3.95. The lowest BCUT2D eigenvalue weighted by Gasteiger charge is -2.29. The van der Waals surface area contributed by atoms with Crippen molar-refractivity contribution in [2.45, 2.75) is 46.6 Å². The number of hydrogen-bond acceptors (Lipinski definition) is 6. The maximum Gasteiger partial charge on any atom is 0.325 e. The maximum atomic E-state index is 12.7. The Morgan fingerprint density at radius 3 is 2.70 bits per heavy atom. The van der Waals surface area contributed by atoms with Crippen molar-refractivity contribution in [1.29, 1.82) is 0 Å². The normalized spacial score (nSPS) is 17.4. The van der Waals surface area contributed by atoms with Crippen LogP contribution in [0.25, 0.3) is 11.3 Å². The van der Waals surface area contributed by atoms with Gasteiger partial charge in [0, 0.05) is 61.5 Å². The fourth-order valence-corrected chi connectivity index (χ4v) is 4.53. The van der Waals surface area contributed by atoms with Crippen LogP contribution in [0.4, 0.5) is 16.4 Å². The van der Waals surface area contributed by atoms with E-state index in [4.69, 9.17) is 4.98 Å². The Balaban J connectivity index is 1.50. The molecule has 3 aromatic rings. The highest BCUT2D eigenvalue weighted by Crippen LogP contribution is 2.39. The van der Waals surface area contributed by atoms with E-state index in [9.17, 15) is 4.79 Å². The van der Waals surface area contributed by atoms with Crippen molar-refractivity contribution in [2.75, 3.05) is 30.4 Å². The summed E-state index contributed by atoms with van der Waals surface area (Å²) in [5.74, 6) is 2.07. The molecule has 3 aromatic heterocycles. The van der Waals surface area contributed by atoms with Gasteiger partial charge >= 0.3 is 6.03 Å². The number of amides is 2. The molecule has 9 nitrogen and oxygen atoms in total. The number of aromatic amines is 1. The molecule has 1 aliphatic carbocycles. The fraction of sp³-hybridized carbons (Fsp3) is 0.458. The summed E-state index contributed by atoms with van der Waals surface area (Å²) in [7, 11) is 1.81. The summed E-state index contributed by atoms with van der Waals surface area (Å²) in [5, 5.41) is 11.3. The Morgan fingerprint density at radius 2 is 1.97 bits per heavy atom. The summed E-state index contributed by atoms with van der Waals surface area (Å²) in [4.78, 5) is 29.4. The Morgan fingerprint density at radius 1 is 1.18 bits per heavy atom. The van der Waals surface area contributed by atoms with Crippen molar-refractivity contribution in [1.82, 2.24) is 30.0 Å². The molecule has 0 atom stereocenters. The molecule has 2 aliphatic rings. The van der Waals surface area contributed by atoms with E-state index in [-0.39, 0.29) is 11.4 Å². The molecule has 0 radical (unpaired) electrons. The van der Waals surface area contributed by atoms with Gasteiger partial charge in [0.1, 0.15) is 17.5 Å². The van der Waals surface area contributed by atoms with Crippen LogP contribution in [0, 0.1) is 12.3 Å². The van der Waals surface area contributed by atoms with Crippen LogP contribution in [0.1, 0.15) is 42.9 Å². The lowest BCUT2D eigenvalue weighted by atomic mass is 9.76. The SMILES string of the molecule is Cc1ncc(CNc2cc(-c3n[nH]c4c3CCC(C)(C)C4)cc(N3CCN(C)C3=O)n2)cn1. The maximum absolute atomic E-state index is 12.7. The Kier molecular flexibility index (Phi) is 5.26. The Hall–Kier alpha value is -3.49. The number of carbonyl (C=O) groups is 1. The van der Waals surface area contributed by atoms with E-state index in [1.807, 2.05) is 38.5 Å².